The number of nitrogens with one attached hydrogen (secondary N) is 1. The van der Waals surface area contributed by atoms with Crippen LogP contribution in [0.4, 0.5) is 0 Å². The van der Waals surface area contributed by atoms with Gasteiger partial charge in [0.1, 0.15) is 11.6 Å². The van der Waals surface area contributed by atoms with E-state index in [2.05, 4.69) is 16.8 Å². The van der Waals surface area contributed by atoms with E-state index in [-0.39, 0.29) is 10.8 Å². The van der Waals surface area contributed by atoms with Crippen molar-refractivity contribution in [2.45, 2.75) is 57.0 Å². The van der Waals surface area contributed by atoms with E-state index in [9.17, 15) is 13.2 Å². The summed E-state index contributed by atoms with van der Waals surface area (Å²) in [5.41, 5.74) is 1.55. The first kappa shape index (κ1) is 21.6. The molecule has 1 aliphatic heterocycles. The van der Waals surface area contributed by atoms with Gasteiger partial charge in [0.05, 0.1) is 28.7 Å². The summed E-state index contributed by atoms with van der Waals surface area (Å²) in [6, 6.07) is 8.77. The maximum Gasteiger partial charge on any atom is 0.243 e. The standard InChI is InChI=1S/C22H28N4O4S/c1-2-11-26-20-8-7-18(31(28,29)25-12-3-4-13-25)15-19(20)24-21(26)9-10-22(27)23-16-17-6-5-14-30-17/h5-8,14-15H,2-4,9-13,16H2,1H3,(H,23,27). The number of aromatic nitrogens is 2. The van der Waals surface area contributed by atoms with Gasteiger partial charge in [-0.1, -0.05) is 6.92 Å². The first-order chi connectivity index (χ1) is 15.0. The normalized spacial score (nSPS) is 15.0. The average Bonchev–Trinajstić information content (AvgIpc) is 3.52. The van der Waals surface area contributed by atoms with Crippen molar-refractivity contribution < 1.29 is 17.6 Å². The van der Waals surface area contributed by atoms with E-state index in [1.54, 1.807) is 28.8 Å². The van der Waals surface area contributed by atoms with Crippen LogP contribution in [0.25, 0.3) is 11.0 Å². The van der Waals surface area contributed by atoms with Crippen LogP contribution in [0, 0.1) is 0 Å². The third-order valence-electron chi connectivity index (χ3n) is 5.56. The van der Waals surface area contributed by atoms with Gasteiger partial charge < -0.3 is 14.3 Å². The highest BCUT2D eigenvalue weighted by Crippen LogP contribution is 2.25. The molecule has 3 heterocycles. The van der Waals surface area contributed by atoms with Crippen LogP contribution in [0.1, 0.15) is 44.2 Å². The molecule has 1 N–H and O–H groups in total. The molecule has 0 atom stereocenters. The molecular formula is C22H28N4O4S. The Bertz CT molecular complexity index is 1150. The monoisotopic (exact) mass is 444 g/mol. The van der Waals surface area contributed by atoms with Gasteiger partial charge in [-0.05, 0) is 49.6 Å². The lowest BCUT2D eigenvalue weighted by molar-refractivity contribution is -0.121. The van der Waals surface area contributed by atoms with Crippen LogP contribution in [0.3, 0.4) is 0 Å². The van der Waals surface area contributed by atoms with Gasteiger partial charge in [-0.25, -0.2) is 13.4 Å². The first-order valence-electron chi connectivity index (χ1n) is 10.8. The van der Waals surface area contributed by atoms with Gasteiger partial charge in [-0.2, -0.15) is 4.31 Å². The number of nitrogens with zero attached hydrogens (tertiary/aromatic N) is 3. The Morgan fingerprint density at radius 3 is 2.74 bits per heavy atom. The van der Waals surface area contributed by atoms with Gasteiger partial charge in [0.25, 0.3) is 0 Å². The van der Waals surface area contributed by atoms with E-state index < -0.39 is 10.0 Å². The summed E-state index contributed by atoms with van der Waals surface area (Å²) >= 11 is 0. The molecule has 0 saturated carbocycles. The fourth-order valence-corrected chi connectivity index (χ4v) is 5.51. The number of hydrogen-bond acceptors (Lipinski definition) is 5. The quantitative estimate of drug-likeness (QED) is 0.547. The molecule has 0 unspecified atom stereocenters. The number of sulfonamides is 1. The van der Waals surface area contributed by atoms with Crippen molar-refractivity contribution in [3.63, 3.8) is 0 Å². The Kier molecular flexibility index (Phi) is 6.43. The van der Waals surface area contributed by atoms with Crippen molar-refractivity contribution in [3.8, 4) is 0 Å². The maximum atomic E-state index is 12.9. The Hall–Kier alpha value is -2.65. The zero-order valence-electron chi connectivity index (χ0n) is 17.7. The number of amides is 1. The van der Waals surface area contributed by atoms with Crippen molar-refractivity contribution in [1.29, 1.82) is 0 Å². The van der Waals surface area contributed by atoms with E-state index in [0.717, 1.165) is 37.1 Å². The molecule has 1 aliphatic rings. The van der Waals surface area contributed by atoms with Crippen LogP contribution in [-0.4, -0.2) is 41.3 Å². The topological polar surface area (TPSA) is 97.4 Å². The zero-order valence-corrected chi connectivity index (χ0v) is 18.5. The molecule has 3 aromatic rings. The minimum absolute atomic E-state index is 0.0798. The molecule has 0 spiro atoms. The van der Waals surface area contributed by atoms with E-state index in [4.69, 9.17) is 9.40 Å². The van der Waals surface area contributed by atoms with Gasteiger partial charge in [0, 0.05) is 32.5 Å². The van der Waals surface area contributed by atoms with Crippen molar-refractivity contribution >= 4 is 27.0 Å². The van der Waals surface area contributed by atoms with Crippen molar-refractivity contribution in [1.82, 2.24) is 19.2 Å². The number of benzene rings is 1. The fourth-order valence-electron chi connectivity index (χ4n) is 3.97. The lowest BCUT2D eigenvalue weighted by Crippen LogP contribution is -2.27. The molecule has 1 saturated heterocycles. The maximum absolute atomic E-state index is 12.9. The highest BCUT2D eigenvalue weighted by atomic mass is 32.2. The van der Waals surface area contributed by atoms with E-state index in [1.165, 1.54) is 0 Å². The number of hydrogen-bond donors (Lipinski definition) is 1. The second kappa shape index (κ2) is 9.23. The molecule has 8 nitrogen and oxygen atoms in total. The van der Waals surface area contributed by atoms with Crippen LogP contribution < -0.4 is 5.32 Å². The Balaban J connectivity index is 1.52. The number of fused-ring (bicyclic) bond motifs is 1. The summed E-state index contributed by atoms with van der Waals surface area (Å²) in [6.45, 7) is 4.34. The largest absolute Gasteiger partial charge is 0.467 e. The number of carbonyl (C=O) groups excluding carboxylic acids is 1. The summed E-state index contributed by atoms with van der Waals surface area (Å²) in [4.78, 5) is 17.2. The predicted octanol–water partition coefficient (Wildman–Crippen LogP) is 3.07. The summed E-state index contributed by atoms with van der Waals surface area (Å²) in [6.07, 6.45) is 5.07. The van der Waals surface area contributed by atoms with Crippen LogP contribution in [0.15, 0.2) is 45.9 Å². The van der Waals surface area contributed by atoms with E-state index in [0.29, 0.717) is 43.8 Å². The lowest BCUT2D eigenvalue weighted by Gasteiger charge is -2.15. The van der Waals surface area contributed by atoms with Crippen molar-refractivity contribution in [2.75, 3.05) is 13.1 Å². The Morgan fingerprint density at radius 2 is 2.03 bits per heavy atom. The highest BCUT2D eigenvalue weighted by Gasteiger charge is 2.27. The van der Waals surface area contributed by atoms with Gasteiger partial charge in [0.2, 0.25) is 15.9 Å². The fraction of sp³-hybridized carbons (Fsp3) is 0.455. The van der Waals surface area contributed by atoms with Gasteiger partial charge >= 0.3 is 0 Å². The van der Waals surface area contributed by atoms with Crippen molar-refractivity contribution in [2.24, 2.45) is 0 Å². The lowest BCUT2D eigenvalue weighted by atomic mass is 10.2. The Labute approximate surface area is 182 Å². The van der Waals surface area contributed by atoms with Crippen molar-refractivity contribution in [3.05, 3.63) is 48.2 Å². The molecule has 4 rings (SSSR count). The van der Waals surface area contributed by atoms with Crippen LogP contribution >= 0.6 is 0 Å². The number of rotatable bonds is 9. The molecule has 0 aliphatic carbocycles. The van der Waals surface area contributed by atoms with Crippen LogP contribution in [0.2, 0.25) is 0 Å². The van der Waals surface area contributed by atoms with Crippen LogP contribution in [0.5, 0.6) is 0 Å². The number of aryl methyl sites for hydroxylation is 2. The van der Waals surface area contributed by atoms with Gasteiger partial charge in [0.15, 0.2) is 0 Å². The first-order valence-corrected chi connectivity index (χ1v) is 12.2. The molecule has 9 heteroatoms. The van der Waals surface area contributed by atoms with Crippen LogP contribution in [-0.2, 0) is 34.3 Å². The van der Waals surface area contributed by atoms with E-state index in [1.807, 2.05) is 12.1 Å². The molecule has 1 fully saturated rings. The second-order valence-electron chi connectivity index (χ2n) is 7.80. The zero-order chi connectivity index (χ0) is 21.8. The summed E-state index contributed by atoms with van der Waals surface area (Å²) in [5.74, 6) is 1.42. The minimum atomic E-state index is -3.49. The molecule has 0 radical (unpaired) electrons. The summed E-state index contributed by atoms with van der Waals surface area (Å²) < 4.78 is 34.7. The predicted molar refractivity (Wildman–Crippen MR) is 117 cm³/mol. The molecule has 0 bridgehead atoms. The van der Waals surface area contributed by atoms with Gasteiger partial charge in [-0.3, -0.25) is 4.79 Å². The molecule has 1 amide bonds. The average molecular weight is 445 g/mol. The highest BCUT2D eigenvalue weighted by molar-refractivity contribution is 7.89. The van der Waals surface area contributed by atoms with Gasteiger partial charge in [-0.15, -0.1) is 0 Å². The molecule has 1 aromatic carbocycles. The number of furan rings is 1. The smallest absolute Gasteiger partial charge is 0.243 e. The SMILES string of the molecule is CCCn1c(CCC(=O)NCc2ccco2)nc2cc(S(=O)(=O)N3CCCC3)ccc21. The number of carbonyl (C=O) groups is 1. The molecule has 2 aromatic heterocycles. The number of imidazole rings is 1. The second-order valence-corrected chi connectivity index (χ2v) is 9.74. The molecule has 31 heavy (non-hydrogen) atoms. The third-order valence-corrected chi connectivity index (χ3v) is 7.46. The van der Waals surface area contributed by atoms with E-state index >= 15 is 0 Å². The third kappa shape index (κ3) is 4.67. The molecule has 166 valence electrons. The minimum Gasteiger partial charge on any atom is -0.467 e. The summed E-state index contributed by atoms with van der Waals surface area (Å²) in [5, 5.41) is 2.85. The Morgan fingerprint density at radius 1 is 1.23 bits per heavy atom. The molecular weight excluding hydrogens is 416 g/mol. The summed E-state index contributed by atoms with van der Waals surface area (Å²) in [7, 11) is -3.49.